The van der Waals surface area contributed by atoms with E-state index in [1.54, 1.807) is 24.9 Å². The molecule has 1 amide bonds. The fraction of sp³-hybridized carbons (Fsp3) is 0.400. The third-order valence-corrected chi connectivity index (χ3v) is 6.42. The van der Waals surface area contributed by atoms with Gasteiger partial charge in [-0.3, -0.25) is 4.79 Å². The number of nitrogens with one attached hydrogen (secondary N) is 1. The van der Waals surface area contributed by atoms with Crippen LogP contribution in [0.15, 0.2) is 24.3 Å². The molecule has 1 aromatic heterocycles. The van der Waals surface area contributed by atoms with Gasteiger partial charge >= 0.3 is 6.18 Å². The lowest BCUT2D eigenvalue weighted by molar-refractivity contribution is -0.140. The van der Waals surface area contributed by atoms with Gasteiger partial charge in [0.05, 0.1) is 23.2 Å². The van der Waals surface area contributed by atoms with Gasteiger partial charge in [-0.15, -0.1) is 0 Å². The Morgan fingerprint density at radius 2 is 1.94 bits per heavy atom. The lowest BCUT2D eigenvalue weighted by Crippen LogP contribution is -2.33. The van der Waals surface area contributed by atoms with E-state index in [2.05, 4.69) is 15.3 Å². The van der Waals surface area contributed by atoms with Crippen LogP contribution in [0, 0.1) is 19.7 Å². The summed E-state index contributed by atoms with van der Waals surface area (Å²) in [5.41, 5.74) is 5.22. The van der Waals surface area contributed by atoms with Crippen LogP contribution >= 0.6 is 0 Å². The molecule has 0 radical (unpaired) electrons. The number of anilines is 2. The molecule has 0 bridgehead atoms. The van der Waals surface area contributed by atoms with Crippen molar-refractivity contribution in [3.63, 3.8) is 0 Å². The number of nitrogens with two attached hydrogens (primary N) is 1. The highest BCUT2D eigenvalue weighted by Gasteiger charge is 2.36. The van der Waals surface area contributed by atoms with Gasteiger partial charge in [0.2, 0.25) is 5.91 Å². The zero-order valence-corrected chi connectivity index (χ0v) is 20.3. The van der Waals surface area contributed by atoms with Crippen LogP contribution in [0.25, 0.3) is 10.9 Å². The molecule has 3 aromatic rings. The van der Waals surface area contributed by atoms with Crippen molar-refractivity contribution >= 4 is 28.3 Å². The Morgan fingerprint density at radius 3 is 2.58 bits per heavy atom. The Morgan fingerprint density at radius 1 is 1.22 bits per heavy atom. The Balaban J connectivity index is 1.67. The summed E-state index contributed by atoms with van der Waals surface area (Å²) in [4.78, 5) is 22.3. The molecule has 2 aromatic carbocycles. The summed E-state index contributed by atoms with van der Waals surface area (Å²) in [6, 6.07) is 4.40. The van der Waals surface area contributed by atoms with E-state index >= 15 is 0 Å². The van der Waals surface area contributed by atoms with Crippen molar-refractivity contribution in [2.75, 3.05) is 24.7 Å². The van der Waals surface area contributed by atoms with E-state index in [9.17, 15) is 22.4 Å². The predicted octanol–water partition coefficient (Wildman–Crippen LogP) is 5.16. The van der Waals surface area contributed by atoms with Gasteiger partial charge in [0, 0.05) is 30.1 Å². The molecule has 4 rings (SSSR count). The molecule has 0 spiro atoms. The number of likely N-dealkylation sites (tertiary alicyclic amines) is 1. The van der Waals surface area contributed by atoms with E-state index in [0.717, 1.165) is 5.56 Å². The molecule has 192 valence electrons. The zero-order valence-electron chi connectivity index (χ0n) is 20.3. The summed E-state index contributed by atoms with van der Waals surface area (Å²) in [5, 5.41) is 3.58. The summed E-state index contributed by atoms with van der Waals surface area (Å²) in [6.07, 6.45) is -3.69. The van der Waals surface area contributed by atoms with Crippen LogP contribution in [0.5, 0.6) is 5.75 Å². The summed E-state index contributed by atoms with van der Waals surface area (Å²) in [5.74, 6) is -0.000733. The molecule has 1 saturated heterocycles. The smallest absolute Gasteiger partial charge is 0.419 e. The second-order valence-electron chi connectivity index (χ2n) is 9.10. The highest BCUT2D eigenvalue weighted by molar-refractivity contribution is 5.91. The number of likely N-dealkylation sites (N-methyl/N-ethyl adjacent to an activating group) is 1. The van der Waals surface area contributed by atoms with E-state index in [-0.39, 0.29) is 23.2 Å². The third kappa shape index (κ3) is 5.00. The molecule has 2 heterocycles. The van der Waals surface area contributed by atoms with Crippen LogP contribution in [-0.4, -0.2) is 40.5 Å². The van der Waals surface area contributed by atoms with Crippen LogP contribution in [-0.2, 0) is 11.0 Å². The molecule has 3 N–H and O–H groups in total. The molecule has 1 aliphatic heterocycles. The Hall–Kier alpha value is -3.63. The first-order valence-electron chi connectivity index (χ1n) is 11.4. The maximum absolute atomic E-state index is 14.8. The monoisotopic (exact) mass is 505 g/mol. The number of rotatable bonds is 6. The number of hydrogen-bond donors (Lipinski definition) is 2. The number of ether oxygens (including phenoxy) is 1. The quantitative estimate of drug-likeness (QED) is 0.355. The average molecular weight is 506 g/mol. The highest BCUT2D eigenvalue weighted by atomic mass is 19.4. The normalized spacial score (nSPS) is 17.1. The lowest BCUT2D eigenvalue weighted by atomic mass is 10.0. The standard InChI is InChI=1S/C25H27F4N5O2/c1-12-7-20-18(10-21(12)36-11-16-5-6-22(35)34(16)4)24(33-14(3)32-20)31-13(2)17-8-15(30)9-19(23(17)26)25(27,28)29/h7-10,13,16H,5-6,11,30H2,1-4H3,(H,31,32,33)/t13-,16+/m1/s1. The largest absolute Gasteiger partial charge is 0.491 e. The number of benzene rings is 2. The van der Waals surface area contributed by atoms with Crippen molar-refractivity contribution in [3.8, 4) is 5.75 Å². The Bertz CT molecular complexity index is 1330. The van der Waals surface area contributed by atoms with Gasteiger partial charge < -0.3 is 20.7 Å². The first kappa shape index (κ1) is 25.5. The van der Waals surface area contributed by atoms with Crippen molar-refractivity contribution in [2.24, 2.45) is 0 Å². The number of amides is 1. The van der Waals surface area contributed by atoms with Crippen LogP contribution in [0.3, 0.4) is 0 Å². The van der Waals surface area contributed by atoms with Gasteiger partial charge in [0.15, 0.2) is 0 Å². The Kier molecular flexibility index (Phi) is 6.68. The minimum absolute atomic E-state index is 0.0335. The first-order valence-corrected chi connectivity index (χ1v) is 11.4. The van der Waals surface area contributed by atoms with Crippen LogP contribution in [0.1, 0.15) is 48.3 Å². The van der Waals surface area contributed by atoms with Gasteiger partial charge in [0.1, 0.15) is 29.8 Å². The number of alkyl halides is 3. The van der Waals surface area contributed by atoms with Gasteiger partial charge in [-0.1, -0.05) is 0 Å². The summed E-state index contributed by atoms with van der Waals surface area (Å²) < 4.78 is 60.8. The molecule has 0 unspecified atom stereocenters. The predicted molar refractivity (Wildman–Crippen MR) is 128 cm³/mol. The number of nitrogens with zero attached hydrogens (tertiary/aromatic N) is 3. The number of nitrogen functional groups attached to an aromatic ring is 1. The second kappa shape index (κ2) is 9.44. The molecule has 0 saturated carbocycles. The fourth-order valence-corrected chi connectivity index (χ4v) is 4.36. The number of aryl methyl sites for hydroxylation is 2. The molecular weight excluding hydrogens is 478 g/mol. The average Bonchev–Trinajstić information content (AvgIpc) is 3.10. The summed E-state index contributed by atoms with van der Waals surface area (Å²) in [6.45, 7) is 5.39. The maximum atomic E-state index is 14.8. The molecule has 2 atom stereocenters. The highest BCUT2D eigenvalue weighted by Crippen LogP contribution is 2.37. The minimum atomic E-state index is -4.88. The first-order chi connectivity index (χ1) is 16.8. The van der Waals surface area contributed by atoms with E-state index in [1.807, 2.05) is 13.0 Å². The number of carbonyl (C=O) groups is 1. The number of carbonyl (C=O) groups excluding carboxylic acids is 1. The maximum Gasteiger partial charge on any atom is 0.419 e. The van der Waals surface area contributed by atoms with Crippen molar-refractivity contribution in [1.82, 2.24) is 14.9 Å². The van der Waals surface area contributed by atoms with Gasteiger partial charge in [-0.05, 0) is 57.0 Å². The topological polar surface area (TPSA) is 93.4 Å². The summed E-state index contributed by atoms with van der Waals surface area (Å²) in [7, 11) is 1.75. The molecule has 1 aliphatic rings. The molecule has 11 heteroatoms. The number of halogens is 4. The van der Waals surface area contributed by atoms with Crippen LogP contribution in [0.4, 0.5) is 29.1 Å². The number of aromatic nitrogens is 2. The van der Waals surface area contributed by atoms with E-state index < -0.39 is 23.6 Å². The van der Waals surface area contributed by atoms with Crippen LogP contribution < -0.4 is 15.8 Å². The molecule has 7 nitrogen and oxygen atoms in total. The van der Waals surface area contributed by atoms with Crippen LogP contribution in [0.2, 0.25) is 0 Å². The van der Waals surface area contributed by atoms with Crippen molar-refractivity contribution in [3.05, 3.63) is 52.6 Å². The minimum Gasteiger partial charge on any atom is -0.491 e. The molecule has 36 heavy (non-hydrogen) atoms. The van der Waals surface area contributed by atoms with E-state index in [4.69, 9.17) is 10.5 Å². The molecule has 0 aliphatic carbocycles. The van der Waals surface area contributed by atoms with Gasteiger partial charge in [-0.25, -0.2) is 14.4 Å². The van der Waals surface area contributed by atoms with E-state index in [1.165, 1.54) is 13.0 Å². The number of hydrogen-bond acceptors (Lipinski definition) is 6. The third-order valence-electron chi connectivity index (χ3n) is 6.42. The fourth-order valence-electron chi connectivity index (χ4n) is 4.36. The second-order valence-corrected chi connectivity index (χ2v) is 9.10. The number of fused-ring (bicyclic) bond motifs is 1. The summed E-state index contributed by atoms with van der Waals surface area (Å²) >= 11 is 0. The Labute approximate surface area is 205 Å². The van der Waals surface area contributed by atoms with Crippen molar-refractivity contribution in [1.29, 1.82) is 0 Å². The van der Waals surface area contributed by atoms with Gasteiger partial charge in [0.25, 0.3) is 0 Å². The van der Waals surface area contributed by atoms with Crippen molar-refractivity contribution < 1.29 is 27.1 Å². The molecular formula is C25H27F4N5O2. The van der Waals surface area contributed by atoms with E-state index in [0.29, 0.717) is 53.8 Å². The SMILES string of the molecule is Cc1nc(N[C@H](C)c2cc(N)cc(C(F)(F)F)c2F)c2cc(OC[C@@H]3CCC(=O)N3C)c(C)cc2n1. The zero-order chi connectivity index (χ0) is 26.4. The van der Waals surface area contributed by atoms with Gasteiger partial charge in [-0.2, -0.15) is 13.2 Å². The van der Waals surface area contributed by atoms with Crippen molar-refractivity contribution in [2.45, 2.75) is 51.9 Å². The molecule has 1 fully saturated rings. The lowest BCUT2D eigenvalue weighted by Gasteiger charge is -2.22.